The SMILES string of the molecule is CCCC(=O)N(CC(=O)N(CCc1c[nH]c2ccccc12)Cc1ccc(OCC)cc1)C1CC1. The number of carbonyl (C=O) groups is 2. The summed E-state index contributed by atoms with van der Waals surface area (Å²) in [4.78, 5) is 33.2. The predicted octanol–water partition coefficient (Wildman–Crippen LogP) is 4.93. The van der Waals surface area contributed by atoms with E-state index in [1.807, 2.05) is 66.2 Å². The highest BCUT2D eigenvalue weighted by atomic mass is 16.5. The summed E-state index contributed by atoms with van der Waals surface area (Å²) in [5.41, 5.74) is 3.35. The number of H-pyrrole nitrogens is 1. The van der Waals surface area contributed by atoms with Crippen LogP contribution in [0.4, 0.5) is 0 Å². The molecule has 2 amide bonds. The fourth-order valence-electron chi connectivity index (χ4n) is 4.37. The van der Waals surface area contributed by atoms with Gasteiger partial charge >= 0.3 is 0 Å². The third-order valence-electron chi connectivity index (χ3n) is 6.36. The van der Waals surface area contributed by atoms with Crippen LogP contribution in [0.25, 0.3) is 10.9 Å². The molecule has 34 heavy (non-hydrogen) atoms. The largest absolute Gasteiger partial charge is 0.494 e. The highest BCUT2D eigenvalue weighted by Crippen LogP contribution is 2.28. The number of aromatic amines is 1. The van der Waals surface area contributed by atoms with E-state index in [1.54, 1.807) is 0 Å². The van der Waals surface area contributed by atoms with E-state index in [4.69, 9.17) is 4.74 Å². The van der Waals surface area contributed by atoms with Crippen LogP contribution in [0.1, 0.15) is 50.7 Å². The van der Waals surface area contributed by atoms with Gasteiger partial charge in [-0.1, -0.05) is 37.3 Å². The Balaban J connectivity index is 1.49. The number of nitrogens with one attached hydrogen (secondary N) is 1. The lowest BCUT2D eigenvalue weighted by Crippen LogP contribution is -2.44. The lowest BCUT2D eigenvalue weighted by molar-refractivity contribution is -0.141. The zero-order valence-corrected chi connectivity index (χ0v) is 20.3. The number of rotatable bonds is 12. The predicted molar refractivity (Wildman–Crippen MR) is 135 cm³/mol. The molecule has 0 spiro atoms. The number of para-hydroxylation sites is 1. The number of benzene rings is 2. The van der Waals surface area contributed by atoms with Crippen LogP contribution in [0.2, 0.25) is 0 Å². The number of hydrogen-bond donors (Lipinski definition) is 1. The van der Waals surface area contributed by atoms with Crippen molar-refractivity contribution >= 4 is 22.7 Å². The van der Waals surface area contributed by atoms with Crippen LogP contribution >= 0.6 is 0 Å². The van der Waals surface area contributed by atoms with Gasteiger partial charge in [0.2, 0.25) is 11.8 Å². The first kappa shape index (κ1) is 23.9. The summed E-state index contributed by atoms with van der Waals surface area (Å²) in [5.74, 6) is 0.925. The fourth-order valence-corrected chi connectivity index (χ4v) is 4.37. The highest BCUT2D eigenvalue weighted by Gasteiger charge is 2.34. The van der Waals surface area contributed by atoms with Crippen molar-refractivity contribution in [2.75, 3.05) is 19.7 Å². The van der Waals surface area contributed by atoms with Crippen molar-refractivity contribution in [3.63, 3.8) is 0 Å². The molecule has 4 rings (SSSR count). The van der Waals surface area contributed by atoms with E-state index < -0.39 is 0 Å². The van der Waals surface area contributed by atoms with E-state index >= 15 is 0 Å². The first-order valence-electron chi connectivity index (χ1n) is 12.4. The molecule has 1 heterocycles. The van der Waals surface area contributed by atoms with Gasteiger partial charge in [-0.2, -0.15) is 0 Å². The number of fused-ring (bicyclic) bond motifs is 1. The topological polar surface area (TPSA) is 65.6 Å². The van der Waals surface area contributed by atoms with Crippen LogP contribution < -0.4 is 4.74 Å². The number of ether oxygens (including phenoxy) is 1. The molecular weight excluding hydrogens is 426 g/mol. The lowest BCUT2D eigenvalue weighted by Gasteiger charge is -2.28. The minimum atomic E-state index is 0.00470. The van der Waals surface area contributed by atoms with Crippen LogP contribution in [0.5, 0.6) is 5.75 Å². The third kappa shape index (κ3) is 5.99. The van der Waals surface area contributed by atoms with Crippen LogP contribution in [0.3, 0.4) is 0 Å². The van der Waals surface area contributed by atoms with Gasteiger partial charge in [-0.3, -0.25) is 9.59 Å². The smallest absolute Gasteiger partial charge is 0.242 e. The molecule has 1 saturated carbocycles. The van der Waals surface area contributed by atoms with Gasteiger partial charge < -0.3 is 19.5 Å². The molecule has 0 bridgehead atoms. The number of carbonyl (C=O) groups excluding carboxylic acids is 2. The quantitative estimate of drug-likeness (QED) is 0.416. The van der Waals surface area contributed by atoms with Crippen molar-refractivity contribution in [3.8, 4) is 5.75 Å². The van der Waals surface area contributed by atoms with E-state index in [1.165, 1.54) is 10.9 Å². The van der Waals surface area contributed by atoms with Crippen molar-refractivity contribution in [2.24, 2.45) is 0 Å². The van der Waals surface area contributed by atoms with Crippen LogP contribution in [0.15, 0.2) is 54.7 Å². The highest BCUT2D eigenvalue weighted by molar-refractivity contribution is 5.86. The molecule has 0 saturated heterocycles. The number of amides is 2. The molecule has 180 valence electrons. The van der Waals surface area contributed by atoms with Gasteiger partial charge in [-0.15, -0.1) is 0 Å². The minimum Gasteiger partial charge on any atom is -0.494 e. The Hall–Kier alpha value is -3.28. The van der Waals surface area contributed by atoms with E-state index in [0.29, 0.717) is 26.1 Å². The van der Waals surface area contributed by atoms with E-state index in [9.17, 15) is 9.59 Å². The number of nitrogens with zero attached hydrogens (tertiary/aromatic N) is 2. The first-order chi connectivity index (χ1) is 16.6. The number of aromatic nitrogens is 1. The van der Waals surface area contributed by atoms with E-state index in [-0.39, 0.29) is 24.4 Å². The summed E-state index contributed by atoms with van der Waals surface area (Å²) in [6, 6.07) is 16.4. The molecule has 0 atom stereocenters. The first-order valence-corrected chi connectivity index (χ1v) is 12.4. The maximum absolute atomic E-state index is 13.5. The Bertz CT molecular complexity index is 1100. The van der Waals surface area contributed by atoms with Crippen molar-refractivity contribution in [1.82, 2.24) is 14.8 Å². The Morgan fingerprint density at radius 3 is 2.50 bits per heavy atom. The average molecular weight is 462 g/mol. The van der Waals surface area contributed by atoms with E-state index in [2.05, 4.69) is 17.1 Å². The Kier molecular flexibility index (Phi) is 7.88. The van der Waals surface area contributed by atoms with E-state index in [0.717, 1.165) is 42.5 Å². The Labute approximate surface area is 201 Å². The minimum absolute atomic E-state index is 0.00470. The zero-order valence-electron chi connectivity index (χ0n) is 20.3. The molecule has 6 heteroatoms. The zero-order chi connectivity index (χ0) is 23.9. The van der Waals surface area contributed by atoms with Crippen molar-refractivity contribution < 1.29 is 14.3 Å². The third-order valence-corrected chi connectivity index (χ3v) is 6.36. The molecule has 6 nitrogen and oxygen atoms in total. The van der Waals surface area contributed by atoms with Crippen molar-refractivity contribution in [1.29, 1.82) is 0 Å². The molecule has 1 aliphatic rings. The molecule has 1 fully saturated rings. The average Bonchev–Trinajstić information content (AvgIpc) is 3.61. The van der Waals surface area contributed by atoms with Gasteiger partial charge in [0.25, 0.3) is 0 Å². The molecule has 0 radical (unpaired) electrons. The molecule has 1 aromatic heterocycles. The Morgan fingerprint density at radius 1 is 1.03 bits per heavy atom. The molecule has 1 N–H and O–H groups in total. The van der Waals surface area contributed by atoms with Crippen molar-refractivity contribution in [2.45, 2.75) is 58.5 Å². The van der Waals surface area contributed by atoms with Gasteiger partial charge in [-0.05, 0) is 61.9 Å². The maximum atomic E-state index is 13.5. The molecule has 2 aromatic carbocycles. The normalized spacial score (nSPS) is 13.1. The molecule has 1 aliphatic carbocycles. The second-order valence-corrected chi connectivity index (χ2v) is 9.00. The lowest BCUT2D eigenvalue weighted by atomic mass is 10.1. The summed E-state index contributed by atoms with van der Waals surface area (Å²) in [6.45, 7) is 5.85. The molecule has 0 unspecified atom stereocenters. The van der Waals surface area contributed by atoms with Crippen LogP contribution in [-0.2, 0) is 22.6 Å². The van der Waals surface area contributed by atoms with Crippen LogP contribution in [-0.4, -0.2) is 52.3 Å². The maximum Gasteiger partial charge on any atom is 0.242 e. The molecular formula is C28H35N3O3. The standard InChI is InChI=1S/C28H35N3O3/c1-3-7-27(32)31(23-12-13-23)20-28(33)30(19-21-10-14-24(15-11-21)34-4-2)17-16-22-18-29-26-9-6-5-8-25(22)26/h5-6,8-11,14-15,18,23,29H,3-4,7,12-13,16-17,19-20H2,1-2H3. The van der Waals surface area contributed by atoms with Gasteiger partial charge in [0, 0.05) is 42.7 Å². The summed E-state index contributed by atoms with van der Waals surface area (Å²) in [6.07, 6.45) is 6.07. The second kappa shape index (κ2) is 11.2. The monoisotopic (exact) mass is 461 g/mol. The molecule has 3 aromatic rings. The van der Waals surface area contributed by atoms with Crippen LogP contribution in [0, 0.1) is 0 Å². The fraction of sp³-hybridized carbons (Fsp3) is 0.429. The van der Waals surface area contributed by atoms with Gasteiger partial charge in [0.1, 0.15) is 12.3 Å². The summed E-state index contributed by atoms with van der Waals surface area (Å²) < 4.78 is 5.56. The second-order valence-electron chi connectivity index (χ2n) is 9.00. The van der Waals surface area contributed by atoms with Gasteiger partial charge in [0.05, 0.1) is 6.61 Å². The van der Waals surface area contributed by atoms with Gasteiger partial charge in [-0.25, -0.2) is 0 Å². The van der Waals surface area contributed by atoms with Crippen molar-refractivity contribution in [3.05, 3.63) is 65.9 Å². The molecule has 0 aliphatic heterocycles. The summed E-state index contributed by atoms with van der Waals surface area (Å²) in [7, 11) is 0. The Morgan fingerprint density at radius 2 is 1.79 bits per heavy atom. The summed E-state index contributed by atoms with van der Waals surface area (Å²) >= 11 is 0. The van der Waals surface area contributed by atoms with Gasteiger partial charge in [0.15, 0.2) is 0 Å². The number of hydrogen-bond acceptors (Lipinski definition) is 3. The summed E-state index contributed by atoms with van der Waals surface area (Å²) in [5, 5.41) is 1.19.